The fourth-order valence-electron chi connectivity index (χ4n) is 1.99. The van der Waals surface area contributed by atoms with Crippen LogP contribution < -0.4 is 4.73 Å². The molecule has 0 N–H and O–H groups in total. The fraction of sp³-hybridized carbons (Fsp3) is 0.214. The zero-order chi connectivity index (χ0) is 16.8. The van der Waals surface area contributed by atoms with Crippen LogP contribution in [-0.2, 0) is 6.42 Å². The molecule has 9 heteroatoms. The Morgan fingerprint density at radius 2 is 1.91 bits per heavy atom. The van der Waals surface area contributed by atoms with Crippen molar-refractivity contribution < 1.29 is 14.6 Å². The van der Waals surface area contributed by atoms with E-state index in [2.05, 4.69) is 0 Å². The molecule has 1 aromatic carbocycles. The van der Waals surface area contributed by atoms with Gasteiger partial charge < -0.3 is 5.21 Å². The first-order valence-electron chi connectivity index (χ1n) is 6.70. The maximum absolute atomic E-state index is 11.1. The van der Waals surface area contributed by atoms with Gasteiger partial charge in [0.15, 0.2) is 12.4 Å². The van der Waals surface area contributed by atoms with E-state index in [1.165, 1.54) is 36.3 Å². The van der Waals surface area contributed by atoms with Crippen LogP contribution in [0.5, 0.6) is 0 Å². The Kier molecular flexibility index (Phi) is 5.47. The predicted molar refractivity (Wildman–Crippen MR) is 84.2 cm³/mol. The van der Waals surface area contributed by atoms with Crippen LogP contribution >= 0.6 is 11.8 Å². The fourth-order valence-corrected chi connectivity index (χ4v) is 2.95. The number of nitro benzene ring substituents is 2. The maximum Gasteiger partial charge on any atom is 0.289 e. The van der Waals surface area contributed by atoms with Gasteiger partial charge in [-0.05, 0) is 30.7 Å². The first-order chi connectivity index (χ1) is 11.0. The molecule has 0 amide bonds. The van der Waals surface area contributed by atoms with Crippen LogP contribution in [0.4, 0.5) is 11.4 Å². The molecule has 0 aliphatic heterocycles. The number of pyridine rings is 1. The van der Waals surface area contributed by atoms with Gasteiger partial charge in [0.1, 0.15) is 0 Å². The SMILES string of the molecule is O=[N+]([O-])c1ccc(SCCCc2ccc[n+]([O-])c2)c([N+](=O)[O-])c1. The molecule has 0 spiro atoms. The van der Waals surface area contributed by atoms with Crippen molar-refractivity contribution in [2.45, 2.75) is 17.7 Å². The summed E-state index contributed by atoms with van der Waals surface area (Å²) in [7, 11) is 0. The lowest BCUT2D eigenvalue weighted by atomic mass is 10.2. The van der Waals surface area contributed by atoms with Crippen molar-refractivity contribution in [3.8, 4) is 0 Å². The molecule has 0 saturated carbocycles. The number of rotatable bonds is 7. The van der Waals surface area contributed by atoms with E-state index >= 15 is 0 Å². The van der Waals surface area contributed by atoms with E-state index in [4.69, 9.17) is 0 Å². The van der Waals surface area contributed by atoms with Crippen molar-refractivity contribution in [1.82, 2.24) is 0 Å². The second kappa shape index (κ2) is 7.54. The van der Waals surface area contributed by atoms with Crippen molar-refractivity contribution in [1.29, 1.82) is 0 Å². The molecule has 0 atom stereocenters. The second-order valence-corrected chi connectivity index (χ2v) is 5.83. The Balaban J connectivity index is 1.97. The quantitative estimate of drug-likeness (QED) is 0.192. The minimum Gasteiger partial charge on any atom is -0.619 e. The first kappa shape index (κ1) is 16.7. The molecule has 2 aromatic rings. The molecule has 23 heavy (non-hydrogen) atoms. The number of aromatic nitrogens is 1. The Morgan fingerprint density at radius 3 is 2.57 bits per heavy atom. The molecule has 0 radical (unpaired) electrons. The van der Waals surface area contributed by atoms with Crippen molar-refractivity contribution in [2.75, 3.05) is 5.75 Å². The molecule has 8 nitrogen and oxygen atoms in total. The number of hydrogen-bond donors (Lipinski definition) is 0. The lowest BCUT2D eigenvalue weighted by Gasteiger charge is -2.04. The van der Waals surface area contributed by atoms with E-state index < -0.39 is 9.85 Å². The van der Waals surface area contributed by atoms with E-state index in [-0.39, 0.29) is 11.4 Å². The summed E-state index contributed by atoms with van der Waals surface area (Å²) >= 11 is 1.27. The molecule has 0 bridgehead atoms. The summed E-state index contributed by atoms with van der Waals surface area (Å²) in [6, 6.07) is 7.13. The van der Waals surface area contributed by atoms with Gasteiger partial charge in [-0.25, -0.2) is 0 Å². The lowest BCUT2D eigenvalue weighted by Crippen LogP contribution is -2.24. The number of nitro groups is 2. The summed E-state index contributed by atoms with van der Waals surface area (Å²) in [5.74, 6) is 0.604. The smallest absolute Gasteiger partial charge is 0.289 e. The van der Waals surface area contributed by atoms with Crippen LogP contribution in [-0.4, -0.2) is 15.6 Å². The first-order valence-corrected chi connectivity index (χ1v) is 7.69. The van der Waals surface area contributed by atoms with Gasteiger partial charge >= 0.3 is 0 Å². The van der Waals surface area contributed by atoms with Gasteiger partial charge in [-0.3, -0.25) is 20.2 Å². The number of aryl methyl sites for hydroxylation is 1. The van der Waals surface area contributed by atoms with Crippen molar-refractivity contribution in [2.24, 2.45) is 0 Å². The summed E-state index contributed by atoms with van der Waals surface area (Å²) < 4.78 is 0.726. The van der Waals surface area contributed by atoms with Crippen LogP contribution in [0.3, 0.4) is 0 Å². The van der Waals surface area contributed by atoms with Crippen LogP contribution in [0.15, 0.2) is 47.6 Å². The average molecular weight is 335 g/mol. The summed E-state index contributed by atoms with van der Waals surface area (Å²) in [5.41, 5.74) is 0.327. The Labute approximate surface area is 135 Å². The summed E-state index contributed by atoms with van der Waals surface area (Å²) in [6.07, 6.45) is 4.29. The second-order valence-electron chi connectivity index (χ2n) is 4.69. The molecule has 0 fully saturated rings. The molecule has 2 rings (SSSR count). The van der Waals surface area contributed by atoms with Gasteiger partial charge in [0.25, 0.3) is 11.4 Å². The van der Waals surface area contributed by atoms with E-state index in [1.807, 2.05) is 6.07 Å². The summed E-state index contributed by atoms with van der Waals surface area (Å²) in [6.45, 7) is 0. The average Bonchev–Trinajstić information content (AvgIpc) is 2.51. The van der Waals surface area contributed by atoms with Gasteiger partial charge in [-0.2, -0.15) is 4.73 Å². The van der Waals surface area contributed by atoms with E-state index in [0.717, 1.165) is 22.8 Å². The van der Waals surface area contributed by atoms with Crippen LogP contribution in [0.2, 0.25) is 0 Å². The zero-order valence-corrected chi connectivity index (χ0v) is 12.8. The van der Waals surface area contributed by atoms with Crippen molar-refractivity contribution in [3.63, 3.8) is 0 Å². The van der Waals surface area contributed by atoms with E-state index in [9.17, 15) is 25.4 Å². The summed E-state index contributed by atoms with van der Waals surface area (Å²) in [4.78, 5) is 20.8. The molecular weight excluding hydrogens is 322 g/mol. The highest BCUT2D eigenvalue weighted by molar-refractivity contribution is 7.99. The van der Waals surface area contributed by atoms with Crippen LogP contribution in [0, 0.1) is 25.4 Å². The molecule has 0 aliphatic rings. The molecule has 1 heterocycles. The van der Waals surface area contributed by atoms with Gasteiger partial charge in [0, 0.05) is 17.7 Å². The van der Waals surface area contributed by atoms with E-state index in [0.29, 0.717) is 17.1 Å². The number of benzene rings is 1. The van der Waals surface area contributed by atoms with Gasteiger partial charge in [0.05, 0.1) is 20.8 Å². The molecule has 0 unspecified atom stereocenters. The normalized spacial score (nSPS) is 10.4. The van der Waals surface area contributed by atoms with Gasteiger partial charge in [-0.1, -0.05) is 0 Å². The number of hydrogen-bond acceptors (Lipinski definition) is 6. The highest BCUT2D eigenvalue weighted by Gasteiger charge is 2.19. The third-order valence-electron chi connectivity index (χ3n) is 3.05. The van der Waals surface area contributed by atoms with Crippen LogP contribution in [0.1, 0.15) is 12.0 Å². The standard InChI is InChI=1S/C14H13N3O5S/c18-15-7-1-3-11(10-15)4-2-8-23-14-6-5-12(16(19)20)9-13(14)17(21)22/h1,3,5-7,9-10H,2,4,8H2. The minimum atomic E-state index is -0.658. The highest BCUT2D eigenvalue weighted by atomic mass is 32.2. The van der Waals surface area contributed by atoms with Crippen molar-refractivity contribution in [3.05, 3.63) is 73.7 Å². The molecule has 0 saturated heterocycles. The Bertz CT molecular complexity index is 738. The molecular formula is C14H13N3O5S. The largest absolute Gasteiger partial charge is 0.619 e. The zero-order valence-electron chi connectivity index (χ0n) is 12.0. The number of thioether (sulfide) groups is 1. The Hall–Kier alpha value is -2.68. The van der Waals surface area contributed by atoms with Gasteiger partial charge in [0.2, 0.25) is 0 Å². The molecule has 0 aliphatic carbocycles. The maximum atomic E-state index is 11.1. The minimum absolute atomic E-state index is 0.263. The topological polar surface area (TPSA) is 113 Å². The van der Waals surface area contributed by atoms with E-state index in [1.54, 1.807) is 6.07 Å². The number of non-ortho nitro benzene ring substituents is 1. The molecule has 1 aromatic heterocycles. The lowest BCUT2D eigenvalue weighted by molar-refractivity contribution is -0.605. The Morgan fingerprint density at radius 1 is 1.13 bits per heavy atom. The molecule has 120 valence electrons. The van der Waals surface area contributed by atoms with Gasteiger partial charge in [-0.15, -0.1) is 11.8 Å². The predicted octanol–water partition coefficient (Wildman–Crippen LogP) is 2.86. The third kappa shape index (κ3) is 4.65. The number of nitrogens with zero attached hydrogens (tertiary/aromatic N) is 3. The van der Waals surface area contributed by atoms with Crippen LogP contribution in [0.25, 0.3) is 0 Å². The summed E-state index contributed by atoms with van der Waals surface area (Å²) in [5, 5.41) is 32.8. The third-order valence-corrected chi connectivity index (χ3v) is 4.20. The highest BCUT2D eigenvalue weighted by Crippen LogP contribution is 2.32. The van der Waals surface area contributed by atoms with Crippen molar-refractivity contribution >= 4 is 23.1 Å². The monoisotopic (exact) mass is 335 g/mol.